The average Bonchev–Trinajstić information content (AvgIpc) is 2.95. The SMILES string of the molecule is COC(=O)C1CCN(C(=O)c2c(C)cccc2[N+](=O)[O-])C1. The zero-order chi connectivity index (χ0) is 15.6. The Bertz CT molecular complexity index is 599. The minimum absolute atomic E-state index is 0.0908. The second-order valence-corrected chi connectivity index (χ2v) is 4.99. The van der Waals surface area contributed by atoms with Gasteiger partial charge in [0.25, 0.3) is 11.6 Å². The van der Waals surface area contributed by atoms with E-state index in [-0.39, 0.29) is 29.7 Å². The lowest BCUT2D eigenvalue weighted by Crippen LogP contribution is -2.31. The summed E-state index contributed by atoms with van der Waals surface area (Å²) in [6.45, 7) is 2.29. The number of hydrogen-bond donors (Lipinski definition) is 0. The summed E-state index contributed by atoms with van der Waals surface area (Å²) >= 11 is 0. The summed E-state index contributed by atoms with van der Waals surface area (Å²) in [4.78, 5) is 36.0. The third-order valence-electron chi connectivity index (χ3n) is 3.67. The van der Waals surface area contributed by atoms with Crippen molar-refractivity contribution < 1.29 is 19.2 Å². The van der Waals surface area contributed by atoms with Gasteiger partial charge in [-0.25, -0.2) is 0 Å². The molecule has 7 nitrogen and oxygen atoms in total. The summed E-state index contributed by atoms with van der Waals surface area (Å²) in [7, 11) is 1.30. The van der Waals surface area contributed by atoms with Crippen molar-refractivity contribution in [3.63, 3.8) is 0 Å². The first-order valence-electron chi connectivity index (χ1n) is 6.56. The number of carbonyl (C=O) groups is 2. The van der Waals surface area contributed by atoms with E-state index in [1.54, 1.807) is 19.1 Å². The molecule has 112 valence electrons. The van der Waals surface area contributed by atoms with Crippen molar-refractivity contribution in [1.29, 1.82) is 0 Å². The second-order valence-electron chi connectivity index (χ2n) is 4.99. The Labute approximate surface area is 121 Å². The van der Waals surface area contributed by atoms with Crippen LogP contribution >= 0.6 is 0 Å². The molecule has 1 amide bonds. The van der Waals surface area contributed by atoms with Gasteiger partial charge in [0.15, 0.2) is 0 Å². The Hall–Kier alpha value is -2.44. The van der Waals surface area contributed by atoms with Gasteiger partial charge < -0.3 is 9.64 Å². The Morgan fingerprint density at radius 1 is 1.43 bits per heavy atom. The predicted octanol–water partition coefficient (Wildman–Crippen LogP) is 1.54. The number of aryl methyl sites for hydroxylation is 1. The number of methoxy groups -OCH3 is 1. The maximum absolute atomic E-state index is 12.5. The van der Waals surface area contributed by atoms with Gasteiger partial charge in [-0.3, -0.25) is 19.7 Å². The molecule has 0 spiro atoms. The van der Waals surface area contributed by atoms with E-state index < -0.39 is 10.8 Å². The van der Waals surface area contributed by atoms with Crippen LogP contribution in [0, 0.1) is 23.0 Å². The van der Waals surface area contributed by atoms with Crippen LogP contribution in [-0.2, 0) is 9.53 Å². The molecule has 1 aliphatic rings. The van der Waals surface area contributed by atoms with Gasteiger partial charge in [-0.15, -0.1) is 0 Å². The number of likely N-dealkylation sites (tertiary alicyclic amines) is 1. The van der Waals surface area contributed by atoms with E-state index in [9.17, 15) is 19.7 Å². The molecule has 1 heterocycles. The molecule has 0 aliphatic carbocycles. The van der Waals surface area contributed by atoms with Gasteiger partial charge in [-0.2, -0.15) is 0 Å². The largest absolute Gasteiger partial charge is 0.469 e. The minimum Gasteiger partial charge on any atom is -0.469 e. The average molecular weight is 292 g/mol. The Balaban J connectivity index is 2.26. The Morgan fingerprint density at radius 2 is 2.14 bits per heavy atom. The molecular formula is C14H16N2O5. The molecule has 1 unspecified atom stereocenters. The summed E-state index contributed by atoms with van der Waals surface area (Å²) in [5.74, 6) is -1.13. The first-order chi connectivity index (χ1) is 9.95. The van der Waals surface area contributed by atoms with E-state index in [2.05, 4.69) is 4.74 Å². The predicted molar refractivity (Wildman–Crippen MR) is 73.9 cm³/mol. The zero-order valence-electron chi connectivity index (χ0n) is 11.9. The van der Waals surface area contributed by atoms with Crippen molar-refractivity contribution in [2.75, 3.05) is 20.2 Å². The molecule has 1 atom stereocenters. The van der Waals surface area contributed by atoms with Gasteiger partial charge in [0.05, 0.1) is 18.0 Å². The maximum atomic E-state index is 12.5. The first-order valence-corrected chi connectivity index (χ1v) is 6.56. The first kappa shape index (κ1) is 15.0. The topological polar surface area (TPSA) is 89.8 Å². The van der Waals surface area contributed by atoms with Crippen LogP contribution in [0.2, 0.25) is 0 Å². The number of hydrogen-bond acceptors (Lipinski definition) is 5. The third-order valence-corrected chi connectivity index (χ3v) is 3.67. The molecule has 7 heteroatoms. The lowest BCUT2D eigenvalue weighted by molar-refractivity contribution is -0.385. The van der Waals surface area contributed by atoms with Crippen LogP contribution in [0.15, 0.2) is 18.2 Å². The molecule has 1 aliphatic heterocycles. The number of nitrogens with zero attached hydrogens (tertiary/aromatic N) is 2. The lowest BCUT2D eigenvalue weighted by Gasteiger charge is -2.17. The van der Waals surface area contributed by atoms with Crippen molar-refractivity contribution in [2.24, 2.45) is 5.92 Å². The molecular weight excluding hydrogens is 276 g/mol. The highest BCUT2D eigenvalue weighted by Crippen LogP contribution is 2.26. The fourth-order valence-electron chi connectivity index (χ4n) is 2.54. The van der Waals surface area contributed by atoms with Crippen LogP contribution in [0.1, 0.15) is 22.3 Å². The second kappa shape index (κ2) is 5.90. The standard InChI is InChI=1S/C14H16N2O5/c1-9-4-3-5-11(16(19)20)12(9)13(17)15-7-6-10(8-15)14(18)21-2/h3-5,10H,6-8H2,1-2H3. The van der Waals surface area contributed by atoms with Crippen LogP contribution in [0.3, 0.4) is 0 Å². The van der Waals surface area contributed by atoms with E-state index in [0.717, 1.165) is 0 Å². The van der Waals surface area contributed by atoms with E-state index in [1.165, 1.54) is 18.1 Å². The van der Waals surface area contributed by atoms with Gasteiger partial charge in [0.1, 0.15) is 5.56 Å². The van der Waals surface area contributed by atoms with Crippen molar-refractivity contribution in [1.82, 2.24) is 4.90 Å². The maximum Gasteiger partial charge on any atom is 0.310 e. The monoisotopic (exact) mass is 292 g/mol. The van der Waals surface area contributed by atoms with Crippen molar-refractivity contribution in [3.8, 4) is 0 Å². The molecule has 0 aromatic heterocycles. The molecule has 0 N–H and O–H groups in total. The quantitative estimate of drug-likeness (QED) is 0.479. The van der Waals surface area contributed by atoms with Crippen molar-refractivity contribution >= 4 is 17.6 Å². The molecule has 2 rings (SSSR count). The molecule has 1 saturated heterocycles. The van der Waals surface area contributed by atoms with E-state index >= 15 is 0 Å². The fourth-order valence-corrected chi connectivity index (χ4v) is 2.54. The third kappa shape index (κ3) is 2.86. The number of benzene rings is 1. The zero-order valence-corrected chi connectivity index (χ0v) is 11.9. The molecule has 0 bridgehead atoms. The molecule has 21 heavy (non-hydrogen) atoms. The summed E-state index contributed by atoms with van der Waals surface area (Å²) < 4.78 is 4.67. The van der Waals surface area contributed by atoms with Crippen molar-refractivity contribution in [2.45, 2.75) is 13.3 Å². The summed E-state index contributed by atoms with van der Waals surface area (Å²) in [6.07, 6.45) is 0.512. The van der Waals surface area contributed by atoms with E-state index in [4.69, 9.17) is 0 Å². The van der Waals surface area contributed by atoms with Gasteiger partial charge in [0, 0.05) is 19.2 Å². The van der Waals surface area contributed by atoms with Gasteiger partial charge >= 0.3 is 5.97 Å². The van der Waals surface area contributed by atoms with E-state index in [0.29, 0.717) is 18.5 Å². The number of amides is 1. The van der Waals surface area contributed by atoms with Gasteiger partial charge in [-0.1, -0.05) is 12.1 Å². The minimum atomic E-state index is -0.561. The van der Waals surface area contributed by atoms with Crippen LogP contribution in [0.5, 0.6) is 0 Å². The Morgan fingerprint density at radius 3 is 2.76 bits per heavy atom. The van der Waals surface area contributed by atoms with E-state index in [1.807, 2.05) is 0 Å². The Kier molecular flexibility index (Phi) is 4.21. The van der Waals surface area contributed by atoms with Gasteiger partial charge in [-0.05, 0) is 18.9 Å². The highest BCUT2D eigenvalue weighted by atomic mass is 16.6. The number of nitro groups is 1. The lowest BCUT2D eigenvalue weighted by atomic mass is 10.1. The van der Waals surface area contributed by atoms with Crippen LogP contribution in [0.4, 0.5) is 5.69 Å². The number of nitro benzene ring substituents is 1. The molecule has 0 radical (unpaired) electrons. The summed E-state index contributed by atoms with van der Waals surface area (Å²) in [5, 5.41) is 11.1. The highest BCUT2D eigenvalue weighted by molar-refractivity contribution is 6.00. The summed E-state index contributed by atoms with van der Waals surface area (Å²) in [5.41, 5.74) is 0.435. The fraction of sp³-hybridized carbons (Fsp3) is 0.429. The molecule has 1 aromatic carbocycles. The number of ether oxygens (including phenoxy) is 1. The molecule has 0 saturated carbocycles. The molecule has 1 fully saturated rings. The number of rotatable bonds is 3. The number of esters is 1. The normalized spacial score (nSPS) is 17.6. The van der Waals surface area contributed by atoms with Crippen LogP contribution in [0.25, 0.3) is 0 Å². The number of carbonyl (C=O) groups excluding carboxylic acids is 2. The van der Waals surface area contributed by atoms with Crippen LogP contribution in [-0.4, -0.2) is 41.9 Å². The van der Waals surface area contributed by atoms with Gasteiger partial charge in [0.2, 0.25) is 0 Å². The van der Waals surface area contributed by atoms with Crippen molar-refractivity contribution in [3.05, 3.63) is 39.4 Å². The van der Waals surface area contributed by atoms with Crippen LogP contribution < -0.4 is 0 Å². The highest BCUT2D eigenvalue weighted by Gasteiger charge is 2.34. The molecule has 1 aromatic rings. The summed E-state index contributed by atoms with van der Waals surface area (Å²) in [6, 6.07) is 4.52. The smallest absolute Gasteiger partial charge is 0.310 e.